The van der Waals surface area contributed by atoms with E-state index in [0.717, 1.165) is 18.5 Å². The minimum absolute atomic E-state index is 0.138. The molecule has 0 fully saturated rings. The number of ether oxygens (including phenoxy) is 2. The van der Waals surface area contributed by atoms with Gasteiger partial charge in [0.25, 0.3) is 11.5 Å². The van der Waals surface area contributed by atoms with Crippen LogP contribution in [-0.4, -0.2) is 34.4 Å². The smallest absolute Gasteiger partial charge is 0.325 e. The lowest BCUT2D eigenvalue weighted by molar-refractivity contribution is -0.143. The van der Waals surface area contributed by atoms with Crippen molar-refractivity contribution >= 4 is 28.2 Å². The number of esters is 1. The van der Waals surface area contributed by atoms with Gasteiger partial charge in [-0.3, -0.25) is 18.8 Å². The molecule has 158 valence electrons. The first-order chi connectivity index (χ1) is 14.5. The van der Waals surface area contributed by atoms with Crippen molar-refractivity contribution in [2.75, 3.05) is 13.2 Å². The van der Waals surface area contributed by atoms with Crippen LogP contribution in [0, 0.1) is 6.92 Å². The van der Waals surface area contributed by atoms with Gasteiger partial charge in [-0.15, -0.1) is 11.3 Å². The van der Waals surface area contributed by atoms with Gasteiger partial charge in [0.05, 0.1) is 12.3 Å². The summed E-state index contributed by atoms with van der Waals surface area (Å²) in [4.78, 5) is 41.1. The third-order valence-electron chi connectivity index (χ3n) is 4.29. The summed E-state index contributed by atoms with van der Waals surface area (Å²) < 4.78 is 12.2. The van der Waals surface area contributed by atoms with E-state index in [9.17, 15) is 14.4 Å². The number of carbonyl (C=O) groups is 2. The van der Waals surface area contributed by atoms with E-state index in [1.165, 1.54) is 21.8 Å². The summed E-state index contributed by atoms with van der Waals surface area (Å²) >= 11 is 1.34. The average molecular weight is 429 g/mol. The van der Waals surface area contributed by atoms with E-state index in [1.807, 2.05) is 12.3 Å². The molecule has 0 radical (unpaired) electrons. The maximum absolute atomic E-state index is 12.2. The molecule has 0 spiro atoms. The molecule has 0 aliphatic carbocycles. The molecule has 3 rings (SSSR count). The van der Waals surface area contributed by atoms with Crippen molar-refractivity contribution in [2.45, 2.75) is 33.3 Å². The molecule has 9 heteroatoms. The minimum atomic E-state index is -0.618. The van der Waals surface area contributed by atoms with E-state index in [1.54, 1.807) is 24.3 Å². The molecule has 0 aliphatic rings. The van der Waals surface area contributed by atoms with Crippen LogP contribution in [-0.2, 0) is 16.1 Å². The first-order valence-electron chi connectivity index (χ1n) is 9.61. The zero-order valence-electron chi connectivity index (χ0n) is 16.8. The SMILES string of the molecule is CCCCOc1ccc(C(=O)NCC(=O)OCc2cc(=O)n3c(C)csc3n2)cc1. The van der Waals surface area contributed by atoms with Crippen molar-refractivity contribution in [3.8, 4) is 5.75 Å². The molecule has 0 saturated heterocycles. The maximum Gasteiger partial charge on any atom is 0.325 e. The third-order valence-corrected chi connectivity index (χ3v) is 5.23. The highest BCUT2D eigenvalue weighted by Gasteiger charge is 2.11. The molecule has 0 bridgehead atoms. The Morgan fingerprint density at radius 2 is 2.00 bits per heavy atom. The molecule has 0 unspecified atom stereocenters. The molecule has 3 aromatic rings. The molecule has 2 aromatic heterocycles. The van der Waals surface area contributed by atoms with Gasteiger partial charge in [0.2, 0.25) is 0 Å². The summed E-state index contributed by atoms with van der Waals surface area (Å²) in [5.74, 6) is -0.313. The number of thiazole rings is 1. The number of carbonyl (C=O) groups excluding carboxylic acids is 2. The number of hydrogen-bond acceptors (Lipinski definition) is 7. The summed E-state index contributed by atoms with van der Waals surface area (Å²) in [6.45, 7) is 4.12. The van der Waals surface area contributed by atoms with Gasteiger partial charge in [-0.1, -0.05) is 13.3 Å². The molecule has 8 nitrogen and oxygen atoms in total. The third kappa shape index (κ3) is 5.44. The van der Waals surface area contributed by atoms with Crippen molar-refractivity contribution in [3.63, 3.8) is 0 Å². The topological polar surface area (TPSA) is 99.0 Å². The number of rotatable bonds is 9. The lowest BCUT2D eigenvalue weighted by Gasteiger charge is -2.08. The van der Waals surface area contributed by atoms with Crippen LogP contribution in [0.3, 0.4) is 0 Å². The lowest BCUT2D eigenvalue weighted by Crippen LogP contribution is -2.30. The van der Waals surface area contributed by atoms with E-state index in [4.69, 9.17) is 9.47 Å². The summed E-state index contributed by atoms with van der Waals surface area (Å²) in [5, 5.41) is 4.34. The number of aromatic nitrogens is 2. The molecule has 0 saturated carbocycles. The second kappa shape index (κ2) is 10.0. The Hall–Kier alpha value is -3.20. The highest BCUT2D eigenvalue weighted by Crippen LogP contribution is 2.13. The number of aryl methyl sites for hydroxylation is 1. The van der Waals surface area contributed by atoms with Gasteiger partial charge >= 0.3 is 5.97 Å². The Bertz CT molecular complexity index is 1090. The number of nitrogens with one attached hydrogen (secondary N) is 1. The van der Waals surface area contributed by atoms with Gasteiger partial charge in [-0.05, 0) is 37.6 Å². The van der Waals surface area contributed by atoms with E-state index < -0.39 is 5.97 Å². The summed E-state index contributed by atoms with van der Waals surface area (Å²) in [6.07, 6.45) is 2.02. The van der Waals surface area contributed by atoms with Gasteiger partial charge in [0.15, 0.2) is 4.96 Å². The fourth-order valence-corrected chi connectivity index (χ4v) is 3.56. The number of hydrogen-bond donors (Lipinski definition) is 1. The Kier molecular flexibility index (Phi) is 7.18. The van der Waals surface area contributed by atoms with Crippen molar-refractivity contribution in [2.24, 2.45) is 0 Å². The number of nitrogens with zero attached hydrogens (tertiary/aromatic N) is 2. The van der Waals surface area contributed by atoms with E-state index in [0.29, 0.717) is 28.6 Å². The van der Waals surface area contributed by atoms with Crippen LogP contribution in [0.1, 0.15) is 41.5 Å². The Morgan fingerprint density at radius 1 is 1.23 bits per heavy atom. The molecule has 2 heterocycles. The summed E-state index contributed by atoms with van der Waals surface area (Å²) in [7, 11) is 0. The van der Waals surface area contributed by atoms with E-state index in [-0.39, 0.29) is 24.6 Å². The monoisotopic (exact) mass is 429 g/mol. The fourth-order valence-electron chi connectivity index (χ4n) is 2.67. The molecule has 0 atom stereocenters. The Labute approximate surface area is 177 Å². The minimum Gasteiger partial charge on any atom is -0.494 e. The first kappa shape index (κ1) is 21.5. The first-order valence-corrected chi connectivity index (χ1v) is 10.5. The van der Waals surface area contributed by atoms with Crippen LogP contribution in [0.5, 0.6) is 5.75 Å². The highest BCUT2D eigenvalue weighted by atomic mass is 32.1. The molecule has 1 N–H and O–H groups in total. The van der Waals surface area contributed by atoms with Gasteiger partial charge in [0, 0.05) is 22.7 Å². The van der Waals surface area contributed by atoms with Crippen LogP contribution >= 0.6 is 11.3 Å². The number of fused-ring (bicyclic) bond motifs is 1. The summed E-state index contributed by atoms with van der Waals surface area (Å²) in [5.41, 5.74) is 1.36. The molecular weight excluding hydrogens is 406 g/mol. The van der Waals surface area contributed by atoms with Gasteiger partial charge < -0.3 is 14.8 Å². The van der Waals surface area contributed by atoms with Crippen LogP contribution < -0.4 is 15.6 Å². The lowest BCUT2D eigenvalue weighted by atomic mass is 10.2. The van der Waals surface area contributed by atoms with E-state index in [2.05, 4.69) is 17.2 Å². The van der Waals surface area contributed by atoms with Crippen molar-refractivity contribution < 1.29 is 19.1 Å². The summed E-state index contributed by atoms with van der Waals surface area (Å²) in [6, 6.07) is 8.04. The Morgan fingerprint density at radius 3 is 2.73 bits per heavy atom. The fraction of sp³-hybridized carbons (Fsp3) is 0.333. The Balaban J connectivity index is 1.47. The largest absolute Gasteiger partial charge is 0.494 e. The van der Waals surface area contributed by atoms with E-state index >= 15 is 0 Å². The second-order valence-corrected chi connectivity index (χ2v) is 7.49. The number of unbranched alkanes of at least 4 members (excludes halogenated alkanes) is 1. The maximum atomic E-state index is 12.2. The van der Waals surface area contributed by atoms with Gasteiger partial charge in [0.1, 0.15) is 18.9 Å². The van der Waals surface area contributed by atoms with Gasteiger partial charge in [-0.2, -0.15) is 0 Å². The molecule has 30 heavy (non-hydrogen) atoms. The van der Waals surface area contributed by atoms with Gasteiger partial charge in [-0.25, -0.2) is 4.98 Å². The zero-order chi connectivity index (χ0) is 21.5. The molecule has 1 aromatic carbocycles. The predicted octanol–water partition coefficient (Wildman–Crippen LogP) is 2.72. The normalized spacial score (nSPS) is 10.7. The van der Waals surface area contributed by atoms with Crippen molar-refractivity contribution in [1.82, 2.24) is 14.7 Å². The number of amides is 1. The highest BCUT2D eigenvalue weighted by molar-refractivity contribution is 7.15. The molecule has 0 aliphatic heterocycles. The number of benzene rings is 1. The quantitative estimate of drug-likeness (QED) is 0.415. The van der Waals surface area contributed by atoms with Crippen LogP contribution in [0.25, 0.3) is 4.96 Å². The van der Waals surface area contributed by atoms with Crippen LogP contribution in [0.2, 0.25) is 0 Å². The van der Waals surface area contributed by atoms with Crippen molar-refractivity contribution in [3.05, 3.63) is 63.0 Å². The molecular formula is C21H23N3O5S. The molecule has 1 amide bonds. The van der Waals surface area contributed by atoms with Crippen LogP contribution in [0.15, 0.2) is 40.5 Å². The predicted molar refractivity (Wildman–Crippen MR) is 113 cm³/mol. The van der Waals surface area contributed by atoms with Crippen LogP contribution in [0.4, 0.5) is 0 Å². The zero-order valence-corrected chi connectivity index (χ0v) is 17.7. The average Bonchev–Trinajstić information content (AvgIpc) is 3.12. The standard InChI is InChI=1S/C21H23N3O5S/c1-3-4-9-28-17-7-5-15(6-8-17)20(27)22-11-19(26)29-12-16-10-18(25)24-14(2)13-30-21(24)23-16/h5-8,10,13H,3-4,9,11-12H2,1-2H3,(H,22,27). The second-order valence-electron chi connectivity index (χ2n) is 6.65. The van der Waals surface area contributed by atoms with Crippen molar-refractivity contribution in [1.29, 1.82) is 0 Å².